The van der Waals surface area contributed by atoms with Crippen LogP contribution < -0.4 is 10.1 Å². The molecule has 5 rings (SSSR count). The van der Waals surface area contributed by atoms with Crippen molar-refractivity contribution in [1.82, 2.24) is 15.1 Å². The van der Waals surface area contributed by atoms with Gasteiger partial charge in [0.2, 0.25) is 0 Å². The van der Waals surface area contributed by atoms with Gasteiger partial charge >= 0.3 is 12.1 Å². The van der Waals surface area contributed by atoms with Crippen molar-refractivity contribution in [2.45, 2.75) is 38.6 Å². The van der Waals surface area contributed by atoms with Crippen LogP contribution in [0.4, 0.5) is 13.2 Å². The fraction of sp³-hybridized carbons (Fsp3) is 0.281. The summed E-state index contributed by atoms with van der Waals surface area (Å²) < 4.78 is 54.2. The highest BCUT2D eigenvalue weighted by Crippen LogP contribution is 2.39. The van der Waals surface area contributed by atoms with E-state index in [0.29, 0.717) is 34.7 Å². The van der Waals surface area contributed by atoms with Crippen LogP contribution in [0.2, 0.25) is 0 Å². The van der Waals surface area contributed by atoms with Gasteiger partial charge in [0, 0.05) is 23.6 Å². The number of rotatable bonds is 11. The quantitative estimate of drug-likeness (QED) is 0.279. The van der Waals surface area contributed by atoms with Gasteiger partial charge < -0.3 is 19.9 Å². The molecule has 1 aliphatic carbocycles. The van der Waals surface area contributed by atoms with E-state index < -0.39 is 17.7 Å². The molecule has 0 fully saturated rings. The lowest BCUT2D eigenvalue weighted by Gasteiger charge is -2.15. The van der Waals surface area contributed by atoms with Gasteiger partial charge in [0.1, 0.15) is 23.3 Å². The number of aromatic nitrogens is 2. The number of nitrogens with one attached hydrogen (secondary N) is 1. The highest BCUT2D eigenvalue weighted by molar-refractivity contribution is 5.94. The number of carboxylic acid groups (broad SMARTS) is 1. The molecule has 2 atom stereocenters. The van der Waals surface area contributed by atoms with Crippen molar-refractivity contribution in [1.29, 1.82) is 0 Å². The Kier molecular flexibility index (Phi) is 8.70. The van der Waals surface area contributed by atoms with Gasteiger partial charge in [0.05, 0.1) is 30.8 Å². The second-order valence-electron chi connectivity index (χ2n) is 10.2. The summed E-state index contributed by atoms with van der Waals surface area (Å²) in [6.45, 7) is 2.42. The van der Waals surface area contributed by atoms with Gasteiger partial charge in [-0.05, 0) is 60.5 Å². The molecule has 2 unspecified atom stereocenters. The topological polar surface area (TPSA) is 103 Å². The highest BCUT2D eigenvalue weighted by Gasteiger charge is 2.33. The zero-order valence-electron chi connectivity index (χ0n) is 23.3. The third kappa shape index (κ3) is 6.99. The summed E-state index contributed by atoms with van der Waals surface area (Å²) in [5.74, 6) is -0.655. The average molecular weight is 594 g/mol. The molecule has 2 aliphatic rings. The third-order valence-electron chi connectivity index (χ3n) is 6.98. The van der Waals surface area contributed by atoms with Crippen LogP contribution in [0.5, 0.6) is 5.75 Å². The summed E-state index contributed by atoms with van der Waals surface area (Å²) in [4.78, 5) is 23.1. The van der Waals surface area contributed by atoms with E-state index in [2.05, 4.69) is 5.32 Å². The molecule has 1 aromatic heterocycles. The first-order chi connectivity index (χ1) is 20.6. The zero-order valence-corrected chi connectivity index (χ0v) is 23.3. The van der Waals surface area contributed by atoms with Crippen LogP contribution >= 0.6 is 0 Å². The number of aliphatic carboxylic acids is 1. The zero-order chi connectivity index (χ0) is 30.6. The number of carbonyl (C=O) groups is 2. The van der Waals surface area contributed by atoms with Crippen molar-refractivity contribution in [3.05, 3.63) is 101 Å². The number of allylic oxidation sites excluding steroid dienone is 2. The summed E-state index contributed by atoms with van der Waals surface area (Å²) in [7, 11) is 0. The summed E-state index contributed by atoms with van der Waals surface area (Å²) >= 11 is 0. The Morgan fingerprint density at radius 1 is 1.09 bits per heavy atom. The second kappa shape index (κ2) is 12.6. The molecule has 0 spiro atoms. The molecule has 0 saturated heterocycles. The maximum absolute atomic E-state index is 13.5. The van der Waals surface area contributed by atoms with E-state index in [1.54, 1.807) is 35.0 Å². The van der Waals surface area contributed by atoms with Crippen LogP contribution in [0.3, 0.4) is 0 Å². The molecule has 0 saturated carbocycles. The molecular weight excluding hydrogens is 563 g/mol. The first-order valence-electron chi connectivity index (χ1n) is 13.9. The van der Waals surface area contributed by atoms with Crippen molar-refractivity contribution in [3.63, 3.8) is 0 Å². The van der Waals surface area contributed by atoms with Gasteiger partial charge in [-0.15, -0.1) is 0 Å². The average Bonchev–Trinajstić information content (AvgIpc) is 3.60. The Hall–Kier alpha value is -4.80. The Bertz CT molecular complexity index is 1590. The normalized spacial score (nSPS) is 17.3. The predicted molar refractivity (Wildman–Crippen MR) is 153 cm³/mol. The lowest BCUT2D eigenvalue weighted by atomic mass is 9.99. The molecular formula is C32H30F3N3O5. The second-order valence-corrected chi connectivity index (χ2v) is 10.2. The van der Waals surface area contributed by atoms with Gasteiger partial charge in [-0.3, -0.25) is 14.3 Å². The molecule has 1 amide bonds. The Morgan fingerprint density at radius 3 is 2.56 bits per heavy atom. The smallest absolute Gasteiger partial charge is 0.416 e. The van der Waals surface area contributed by atoms with Gasteiger partial charge in [-0.25, -0.2) is 0 Å². The van der Waals surface area contributed by atoms with E-state index in [9.17, 15) is 22.8 Å². The largest absolute Gasteiger partial charge is 0.493 e. The molecule has 2 aromatic carbocycles. The number of ether oxygens (including phenoxy) is 2. The van der Waals surface area contributed by atoms with E-state index in [0.717, 1.165) is 17.7 Å². The summed E-state index contributed by atoms with van der Waals surface area (Å²) in [6, 6.07) is 12.0. The first-order valence-corrected chi connectivity index (χ1v) is 13.9. The molecule has 0 radical (unpaired) electrons. The Morgan fingerprint density at radius 2 is 1.86 bits per heavy atom. The molecule has 2 heterocycles. The van der Waals surface area contributed by atoms with Gasteiger partial charge in [-0.1, -0.05) is 37.3 Å². The first kappa shape index (κ1) is 29.7. The van der Waals surface area contributed by atoms with Crippen LogP contribution in [-0.4, -0.2) is 46.0 Å². The lowest BCUT2D eigenvalue weighted by Crippen LogP contribution is -2.25. The number of amides is 1. The number of alkyl halides is 3. The minimum Gasteiger partial charge on any atom is -0.493 e. The monoisotopic (exact) mass is 593 g/mol. The number of halogens is 3. The minimum absolute atomic E-state index is 0.0186. The third-order valence-corrected chi connectivity index (χ3v) is 6.98. The predicted octanol–water partition coefficient (Wildman–Crippen LogP) is 6.09. The molecule has 43 heavy (non-hydrogen) atoms. The van der Waals surface area contributed by atoms with Crippen molar-refractivity contribution in [2.75, 3.05) is 13.2 Å². The lowest BCUT2D eigenvalue weighted by molar-refractivity contribution is -0.138. The summed E-state index contributed by atoms with van der Waals surface area (Å²) in [5.41, 5.74) is 1.87. The van der Waals surface area contributed by atoms with Crippen LogP contribution in [0.15, 0.2) is 78.9 Å². The number of nitrogens with zero attached hydrogens (tertiary/aromatic N) is 2. The number of hydrogen-bond acceptors (Lipinski definition) is 5. The molecule has 224 valence electrons. The van der Waals surface area contributed by atoms with Crippen molar-refractivity contribution in [3.8, 4) is 17.0 Å². The summed E-state index contributed by atoms with van der Waals surface area (Å²) in [6.07, 6.45) is 5.61. The van der Waals surface area contributed by atoms with Crippen LogP contribution in [0, 0.1) is 5.92 Å². The maximum Gasteiger partial charge on any atom is 0.416 e. The molecule has 11 heteroatoms. The standard InChI is InChI=1S/C32H30F3N3O5/c1-2-15-42-28-17-23(32(33,34)35)11-12-24(28)25-18-26(29-16-22-5-3-4-6-27(22)43-29)38(37-25)19-20-7-9-21(10-8-20)31(41)36-14-13-30(39)40/h3-12,16-18,22,27H,2,13-15,19H2,1H3,(H,36,41)(H,39,40). The number of carboxylic acids is 1. The molecule has 2 N–H and O–H groups in total. The van der Waals surface area contributed by atoms with E-state index in [4.69, 9.17) is 19.7 Å². The maximum atomic E-state index is 13.5. The van der Waals surface area contributed by atoms with Gasteiger partial charge in [-0.2, -0.15) is 18.3 Å². The van der Waals surface area contributed by atoms with E-state index >= 15 is 0 Å². The Balaban J connectivity index is 1.47. The number of fused-ring (bicyclic) bond motifs is 1. The molecule has 3 aromatic rings. The number of carbonyl (C=O) groups excluding carboxylic acids is 1. The molecule has 0 bridgehead atoms. The van der Waals surface area contributed by atoms with Crippen LogP contribution in [0.1, 0.15) is 46.9 Å². The SMILES string of the molecule is CCCOc1cc(C(F)(F)F)ccc1-c1cc(C2=CC3C=CC=CC3O2)n(Cc2ccc(C(=O)NCCC(=O)O)cc2)n1. The highest BCUT2D eigenvalue weighted by atomic mass is 19.4. The van der Waals surface area contributed by atoms with E-state index in [-0.39, 0.29) is 49.8 Å². The van der Waals surface area contributed by atoms with E-state index in [1.165, 1.54) is 6.07 Å². The van der Waals surface area contributed by atoms with E-state index in [1.807, 2.05) is 37.3 Å². The molecule has 1 aliphatic heterocycles. The van der Waals surface area contributed by atoms with Crippen LogP contribution in [-0.2, 0) is 22.3 Å². The van der Waals surface area contributed by atoms with Gasteiger partial charge in [0.25, 0.3) is 5.91 Å². The van der Waals surface area contributed by atoms with Gasteiger partial charge in [0.15, 0.2) is 0 Å². The Labute approximate surface area is 246 Å². The van der Waals surface area contributed by atoms with Crippen LogP contribution in [0.25, 0.3) is 17.0 Å². The van der Waals surface area contributed by atoms with Crippen molar-refractivity contribution in [2.24, 2.45) is 5.92 Å². The minimum atomic E-state index is -4.52. The fourth-order valence-corrected chi connectivity index (χ4v) is 4.81. The molecule has 8 nitrogen and oxygen atoms in total. The van der Waals surface area contributed by atoms with Crippen molar-refractivity contribution < 1.29 is 37.3 Å². The summed E-state index contributed by atoms with van der Waals surface area (Å²) in [5, 5.41) is 16.1. The number of hydrogen-bond donors (Lipinski definition) is 2. The fourth-order valence-electron chi connectivity index (χ4n) is 4.81. The number of benzene rings is 2. The van der Waals surface area contributed by atoms with Crippen molar-refractivity contribution >= 4 is 17.6 Å².